The number of nitrogens with zero attached hydrogens (tertiary/aromatic N) is 3. The number of piperidine rings is 1. The lowest BCUT2D eigenvalue weighted by molar-refractivity contribution is -0.135. The lowest BCUT2D eigenvalue weighted by atomic mass is 10.0. The van der Waals surface area contributed by atoms with Crippen LogP contribution in [0.4, 0.5) is 5.69 Å². The molecule has 1 aromatic carbocycles. The first-order chi connectivity index (χ1) is 15.8. The van der Waals surface area contributed by atoms with E-state index in [9.17, 15) is 14.4 Å². The number of hydrogen-bond acceptors (Lipinski definition) is 6. The summed E-state index contributed by atoms with van der Waals surface area (Å²) >= 11 is 7.28. The van der Waals surface area contributed by atoms with Crippen LogP contribution in [-0.2, 0) is 11.3 Å². The number of thiophene rings is 1. The Bertz CT molecular complexity index is 1290. The lowest BCUT2D eigenvalue weighted by Gasteiger charge is -2.33. The van der Waals surface area contributed by atoms with Crippen molar-refractivity contribution in [2.24, 2.45) is 0 Å². The van der Waals surface area contributed by atoms with Gasteiger partial charge in [-0.3, -0.25) is 19.0 Å². The van der Waals surface area contributed by atoms with Gasteiger partial charge in [0.2, 0.25) is 5.91 Å². The smallest absolute Gasteiger partial charge is 0.266 e. The van der Waals surface area contributed by atoms with Crippen LogP contribution < -0.4 is 15.6 Å². The van der Waals surface area contributed by atoms with Crippen LogP contribution in [0.1, 0.15) is 41.4 Å². The number of aromatic nitrogens is 2. The molecule has 1 aliphatic rings. The second kappa shape index (κ2) is 9.52. The van der Waals surface area contributed by atoms with Crippen molar-refractivity contribution in [3.8, 4) is 5.75 Å². The van der Waals surface area contributed by atoms with E-state index in [1.807, 2.05) is 11.8 Å². The molecule has 1 fully saturated rings. The van der Waals surface area contributed by atoms with Crippen molar-refractivity contribution in [3.05, 3.63) is 50.3 Å². The summed E-state index contributed by atoms with van der Waals surface area (Å²) in [6.07, 6.45) is 4.45. The number of likely N-dealkylation sites (tertiary alicyclic amines) is 1. The largest absolute Gasteiger partial charge is 0.495 e. The van der Waals surface area contributed by atoms with Crippen molar-refractivity contribution >= 4 is 50.7 Å². The van der Waals surface area contributed by atoms with Gasteiger partial charge in [-0.05, 0) is 56.9 Å². The van der Waals surface area contributed by atoms with Crippen LogP contribution in [0.3, 0.4) is 0 Å². The fourth-order valence-corrected chi connectivity index (χ4v) is 5.42. The molecule has 1 aliphatic heterocycles. The van der Waals surface area contributed by atoms with E-state index < -0.39 is 0 Å². The normalized spacial score (nSPS) is 16.1. The summed E-state index contributed by atoms with van der Waals surface area (Å²) in [4.78, 5) is 45.9. The lowest BCUT2D eigenvalue weighted by Crippen LogP contribution is -2.44. The van der Waals surface area contributed by atoms with Crippen molar-refractivity contribution in [1.29, 1.82) is 0 Å². The maximum absolute atomic E-state index is 13.2. The fraction of sp³-hybridized carbons (Fsp3) is 0.391. The zero-order chi connectivity index (χ0) is 23.7. The molecule has 3 heterocycles. The molecule has 0 saturated carbocycles. The van der Waals surface area contributed by atoms with Gasteiger partial charge in [-0.1, -0.05) is 11.6 Å². The summed E-state index contributed by atoms with van der Waals surface area (Å²) in [5, 5.41) is 3.54. The van der Waals surface area contributed by atoms with Gasteiger partial charge in [0.1, 0.15) is 17.1 Å². The summed E-state index contributed by atoms with van der Waals surface area (Å²) in [5.41, 5.74) is 0.727. The molecule has 2 aromatic heterocycles. The van der Waals surface area contributed by atoms with E-state index in [1.165, 1.54) is 18.0 Å². The molecule has 4 rings (SSSR count). The fourth-order valence-electron chi connectivity index (χ4n) is 4.13. The molecule has 174 valence electrons. The third kappa shape index (κ3) is 4.60. The number of methoxy groups -OCH3 is 1. The van der Waals surface area contributed by atoms with E-state index in [2.05, 4.69) is 10.3 Å². The summed E-state index contributed by atoms with van der Waals surface area (Å²) in [5.74, 6) is 0.0551. The predicted octanol–water partition coefficient (Wildman–Crippen LogP) is 4.08. The van der Waals surface area contributed by atoms with Crippen molar-refractivity contribution in [2.45, 2.75) is 45.7 Å². The highest BCUT2D eigenvalue weighted by atomic mass is 35.5. The average Bonchev–Trinajstić information content (AvgIpc) is 3.13. The van der Waals surface area contributed by atoms with E-state index in [1.54, 1.807) is 25.1 Å². The van der Waals surface area contributed by atoms with Gasteiger partial charge >= 0.3 is 0 Å². The average molecular weight is 489 g/mol. The third-order valence-corrected chi connectivity index (χ3v) is 7.46. The molecular weight excluding hydrogens is 464 g/mol. The van der Waals surface area contributed by atoms with Crippen molar-refractivity contribution in [1.82, 2.24) is 14.5 Å². The minimum atomic E-state index is -0.360. The van der Waals surface area contributed by atoms with Crippen LogP contribution in [-0.4, -0.2) is 46.0 Å². The number of halogens is 1. The number of carbonyl (C=O) groups is 2. The van der Waals surface area contributed by atoms with Crippen LogP contribution >= 0.6 is 22.9 Å². The molecule has 1 saturated heterocycles. The zero-order valence-electron chi connectivity index (χ0n) is 18.7. The van der Waals surface area contributed by atoms with Gasteiger partial charge in [0.25, 0.3) is 11.5 Å². The molecule has 1 N–H and O–H groups in total. The Hall–Kier alpha value is -2.91. The van der Waals surface area contributed by atoms with Gasteiger partial charge in [0.05, 0.1) is 28.7 Å². The number of aryl methyl sites for hydroxylation is 1. The highest BCUT2D eigenvalue weighted by Crippen LogP contribution is 2.30. The quantitative estimate of drug-likeness (QED) is 0.584. The number of fused-ring (bicyclic) bond motifs is 1. The molecule has 0 unspecified atom stereocenters. The molecule has 0 bridgehead atoms. The van der Waals surface area contributed by atoms with Gasteiger partial charge in [-0.25, -0.2) is 4.98 Å². The highest BCUT2D eigenvalue weighted by Gasteiger charge is 2.25. The maximum Gasteiger partial charge on any atom is 0.266 e. The predicted molar refractivity (Wildman–Crippen MR) is 130 cm³/mol. The van der Waals surface area contributed by atoms with Crippen LogP contribution in [0.25, 0.3) is 10.2 Å². The number of rotatable bonds is 5. The first-order valence-corrected chi connectivity index (χ1v) is 11.9. The second-order valence-electron chi connectivity index (χ2n) is 8.15. The summed E-state index contributed by atoms with van der Waals surface area (Å²) in [7, 11) is 1.51. The number of hydrogen-bond donors (Lipinski definition) is 1. The molecule has 2 amide bonds. The minimum absolute atomic E-state index is 0.0622. The molecule has 1 atom stereocenters. The SMILES string of the molecule is COc1ccc(NC(=O)c2sc3ncn(CC(=O)N4CCCC[C@@H]4C)c(=O)c3c2C)cc1Cl. The van der Waals surface area contributed by atoms with Crippen molar-refractivity contribution in [2.75, 3.05) is 19.0 Å². The molecule has 33 heavy (non-hydrogen) atoms. The van der Waals surface area contributed by atoms with Gasteiger partial charge in [-0.15, -0.1) is 11.3 Å². The molecule has 0 radical (unpaired) electrons. The number of ether oxygens (including phenoxy) is 1. The van der Waals surface area contributed by atoms with E-state index >= 15 is 0 Å². The second-order valence-corrected chi connectivity index (χ2v) is 9.56. The number of amides is 2. The number of carbonyl (C=O) groups excluding carboxylic acids is 2. The Morgan fingerprint density at radius 1 is 1.33 bits per heavy atom. The van der Waals surface area contributed by atoms with E-state index in [4.69, 9.17) is 16.3 Å². The Labute approximate surface area is 200 Å². The summed E-state index contributed by atoms with van der Waals surface area (Å²) in [6.45, 7) is 4.40. The first-order valence-electron chi connectivity index (χ1n) is 10.7. The van der Waals surface area contributed by atoms with Crippen LogP contribution in [0.2, 0.25) is 5.02 Å². The van der Waals surface area contributed by atoms with Gasteiger partial charge in [0, 0.05) is 18.3 Å². The highest BCUT2D eigenvalue weighted by molar-refractivity contribution is 7.20. The minimum Gasteiger partial charge on any atom is -0.495 e. The Kier molecular flexibility index (Phi) is 6.71. The van der Waals surface area contributed by atoms with E-state index in [0.717, 1.165) is 30.6 Å². The Morgan fingerprint density at radius 3 is 2.82 bits per heavy atom. The molecular formula is C23H25ClN4O4S. The molecule has 0 spiro atoms. The maximum atomic E-state index is 13.2. The summed E-state index contributed by atoms with van der Waals surface area (Å²) in [6, 6.07) is 5.11. The molecule has 3 aromatic rings. The van der Waals surface area contributed by atoms with Gasteiger partial charge in [0.15, 0.2) is 0 Å². The summed E-state index contributed by atoms with van der Waals surface area (Å²) < 4.78 is 6.46. The van der Waals surface area contributed by atoms with Crippen LogP contribution in [0, 0.1) is 6.92 Å². The van der Waals surface area contributed by atoms with E-state index in [-0.39, 0.29) is 30.0 Å². The Morgan fingerprint density at radius 2 is 2.12 bits per heavy atom. The molecule has 10 heteroatoms. The number of benzene rings is 1. The first kappa shape index (κ1) is 23.3. The van der Waals surface area contributed by atoms with Crippen LogP contribution in [0.15, 0.2) is 29.3 Å². The van der Waals surface area contributed by atoms with E-state index in [0.29, 0.717) is 43.7 Å². The monoisotopic (exact) mass is 488 g/mol. The molecule has 8 nitrogen and oxygen atoms in total. The van der Waals surface area contributed by atoms with Crippen molar-refractivity contribution in [3.63, 3.8) is 0 Å². The van der Waals surface area contributed by atoms with Crippen molar-refractivity contribution < 1.29 is 14.3 Å². The topological polar surface area (TPSA) is 93.5 Å². The third-order valence-electron chi connectivity index (χ3n) is 5.96. The van der Waals surface area contributed by atoms with Crippen LogP contribution in [0.5, 0.6) is 5.75 Å². The Balaban J connectivity index is 1.59. The number of nitrogens with one attached hydrogen (secondary N) is 1. The zero-order valence-corrected chi connectivity index (χ0v) is 20.3. The number of anilines is 1. The molecule has 0 aliphatic carbocycles. The van der Waals surface area contributed by atoms with Gasteiger partial charge in [-0.2, -0.15) is 0 Å². The standard InChI is InChI=1S/C23H25ClN4O4S/c1-13-6-4-5-9-28(13)18(29)11-27-12-25-22-19(23(27)31)14(2)20(33-22)21(30)26-15-7-8-17(32-3)16(24)10-15/h7-8,10,12-13H,4-6,9,11H2,1-3H3,(H,26,30)/t13-/m0/s1. The van der Waals surface area contributed by atoms with Gasteiger partial charge < -0.3 is 15.0 Å².